The summed E-state index contributed by atoms with van der Waals surface area (Å²) in [6.45, 7) is 4.69. The van der Waals surface area contributed by atoms with E-state index in [0.29, 0.717) is 6.61 Å². The predicted molar refractivity (Wildman–Crippen MR) is 87.1 cm³/mol. The Hall–Kier alpha value is -1.22. The molecule has 0 aromatic heterocycles. The van der Waals surface area contributed by atoms with Gasteiger partial charge >= 0.3 is 0 Å². The highest BCUT2D eigenvalue weighted by Crippen LogP contribution is 2.29. The lowest BCUT2D eigenvalue weighted by atomic mass is 10.1. The van der Waals surface area contributed by atoms with E-state index in [9.17, 15) is 5.11 Å². The molecule has 0 saturated carbocycles. The van der Waals surface area contributed by atoms with E-state index in [-0.39, 0.29) is 0 Å². The molecule has 0 aliphatic carbocycles. The molecule has 0 amide bonds. The van der Waals surface area contributed by atoms with Gasteiger partial charge in [-0.25, -0.2) is 0 Å². The zero-order valence-electron chi connectivity index (χ0n) is 13.7. The number of hydrogen-bond donors (Lipinski definition) is 1. The minimum absolute atomic E-state index is 0.528. The van der Waals surface area contributed by atoms with E-state index in [1.54, 1.807) is 14.0 Å². The molecular weight excluding hydrogens is 264 g/mol. The first kappa shape index (κ1) is 17.8. The van der Waals surface area contributed by atoms with Crippen LogP contribution in [0.1, 0.15) is 70.5 Å². The normalized spacial score (nSPS) is 12.2. The molecule has 1 aromatic rings. The second kappa shape index (κ2) is 10.5. The average Bonchev–Trinajstić information content (AvgIpc) is 2.49. The van der Waals surface area contributed by atoms with Crippen molar-refractivity contribution in [3.63, 3.8) is 0 Å². The molecule has 3 nitrogen and oxygen atoms in total. The number of rotatable bonds is 11. The maximum atomic E-state index is 9.77. The monoisotopic (exact) mass is 294 g/mol. The number of unbranched alkanes of at least 4 members (excludes halogenated alkanes) is 6. The molecule has 0 heterocycles. The molecule has 120 valence electrons. The lowest BCUT2D eigenvalue weighted by Crippen LogP contribution is -2.03. The van der Waals surface area contributed by atoms with E-state index in [2.05, 4.69) is 6.92 Å². The van der Waals surface area contributed by atoms with E-state index in [0.717, 1.165) is 23.5 Å². The van der Waals surface area contributed by atoms with Gasteiger partial charge in [0.1, 0.15) is 11.5 Å². The van der Waals surface area contributed by atoms with Crippen molar-refractivity contribution in [2.45, 2.75) is 64.9 Å². The van der Waals surface area contributed by atoms with Crippen molar-refractivity contribution in [2.24, 2.45) is 0 Å². The molecule has 1 N–H and O–H groups in total. The fraction of sp³-hybridized carbons (Fsp3) is 0.667. The highest BCUT2D eigenvalue weighted by molar-refractivity contribution is 5.41. The topological polar surface area (TPSA) is 38.7 Å². The third-order valence-corrected chi connectivity index (χ3v) is 3.68. The van der Waals surface area contributed by atoms with Crippen LogP contribution in [-0.4, -0.2) is 18.8 Å². The fourth-order valence-corrected chi connectivity index (χ4v) is 2.35. The Balaban J connectivity index is 2.33. The van der Waals surface area contributed by atoms with Crippen LogP contribution in [0.5, 0.6) is 11.5 Å². The van der Waals surface area contributed by atoms with Gasteiger partial charge in [-0.05, 0) is 25.5 Å². The highest BCUT2D eigenvalue weighted by atomic mass is 16.5. The summed E-state index contributed by atoms with van der Waals surface area (Å²) in [7, 11) is 1.64. The Morgan fingerprint density at radius 3 is 2.33 bits per heavy atom. The fourth-order valence-electron chi connectivity index (χ4n) is 2.35. The van der Waals surface area contributed by atoms with Crippen molar-refractivity contribution in [3.8, 4) is 11.5 Å². The van der Waals surface area contributed by atoms with Crippen LogP contribution >= 0.6 is 0 Å². The number of aliphatic hydroxyl groups excluding tert-OH is 1. The largest absolute Gasteiger partial charge is 0.497 e. The second-order valence-electron chi connectivity index (χ2n) is 5.55. The summed E-state index contributed by atoms with van der Waals surface area (Å²) in [4.78, 5) is 0. The van der Waals surface area contributed by atoms with Crippen LogP contribution in [0.2, 0.25) is 0 Å². The van der Waals surface area contributed by atoms with Crippen molar-refractivity contribution in [3.05, 3.63) is 23.8 Å². The predicted octanol–water partition coefficient (Wildman–Crippen LogP) is 4.88. The Morgan fingerprint density at radius 2 is 1.71 bits per heavy atom. The summed E-state index contributed by atoms with van der Waals surface area (Å²) in [6.07, 6.45) is 8.33. The van der Waals surface area contributed by atoms with Gasteiger partial charge in [-0.1, -0.05) is 45.4 Å². The molecule has 3 heteroatoms. The van der Waals surface area contributed by atoms with Gasteiger partial charge in [0.05, 0.1) is 19.8 Å². The molecule has 0 saturated heterocycles. The van der Waals surface area contributed by atoms with Crippen LogP contribution in [0.15, 0.2) is 18.2 Å². The lowest BCUT2D eigenvalue weighted by Gasteiger charge is -2.14. The van der Waals surface area contributed by atoms with Gasteiger partial charge in [-0.15, -0.1) is 0 Å². The maximum Gasteiger partial charge on any atom is 0.128 e. The Bertz CT molecular complexity index is 388. The van der Waals surface area contributed by atoms with Crippen LogP contribution < -0.4 is 9.47 Å². The van der Waals surface area contributed by atoms with Crippen molar-refractivity contribution in [1.29, 1.82) is 0 Å². The molecule has 0 bridgehead atoms. The van der Waals surface area contributed by atoms with E-state index >= 15 is 0 Å². The Labute approximate surface area is 129 Å². The van der Waals surface area contributed by atoms with Gasteiger partial charge in [0.2, 0.25) is 0 Å². The Kier molecular flexibility index (Phi) is 8.91. The van der Waals surface area contributed by atoms with Crippen LogP contribution in [0.25, 0.3) is 0 Å². The summed E-state index contributed by atoms with van der Waals surface area (Å²) in [5, 5.41) is 9.77. The van der Waals surface area contributed by atoms with Gasteiger partial charge in [-0.3, -0.25) is 0 Å². The summed E-state index contributed by atoms with van der Waals surface area (Å²) in [6, 6.07) is 5.57. The molecular formula is C18H30O3. The molecule has 0 spiro atoms. The van der Waals surface area contributed by atoms with E-state index < -0.39 is 6.10 Å². The molecule has 0 unspecified atom stereocenters. The van der Waals surface area contributed by atoms with Gasteiger partial charge in [-0.2, -0.15) is 0 Å². The first-order valence-corrected chi connectivity index (χ1v) is 8.17. The van der Waals surface area contributed by atoms with Crippen molar-refractivity contribution in [2.75, 3.05) is 13.7 Å². The van der Waals surface area contributed by atoms with Crippen LogP contribution in [0, 0.1) is 0 Å². The smallest absolute Gasteiger partial charge is 0.128 e. The van der Waals surface area contributed by atoms with Gasteiger partial charge in [0.15, 0.2) is 0 Å². The van der Waals surface area contributed by atoms with Crippen LogP contribution in [0.3, 0.4) is 0 Å². The zero-order valence-corrected chi connectivity index (χ0v) is 13.7. The lowest BCUT2D eigenvalue weighted by molar-refractivity contribution is 0.190. The number of aliphatic hydroxyl groups is 1. The van der Waals surface area contributed by atoms with Crippen LogP contribution in [0.4, 0.5) is 0 Å². The molecule has 1 aromatic carbocycles. The summed E-state index contributed by atoms with van der Waals surface area (Å²) >= 11 is 0. The molecule has 0 fully saturated rings. The number of ether oxygens (including phenoxy) is 2. The van der Waals surface area contributed by atoms with E-state index in [1.165, 1.54) is 38.5 Å². The molecule has 1 atom stereocenters. The maximum absolute atomic E-state index is 9.77. The quantitative estimate of drug-likeness (QED) is 0.591. The van der Waals surface area contributed by atoms with Crippen LogP contribution in [-0.2, 0) is 0 Å². The number of methoxy groups -OCH3 is 1. The standard InChI is InChI=1S/C18H30O3/c1-4-5-6-7-8-9-10-13-21-18-14-16(20-3)11-12-17(18)15(2)19/h11-12,14-15,19H,4-10,13H2,1-3H3/t15-/m0/s1. The molecule has 0 aliphatic heterocycles. The summed E-state index contributed by atoms with van der Waals surface area (Å²) in [5.41, 5.74) is 0.818. The van der Waals surface area contributed by atoms with E-state index in [4.69, 9.17) is 9.47 Å². The average molecular weight is 294 g/mol. The molecule has 0 radical (unpaired) electrons. The second-order valence-corrected chi connectivity index (χ2v) is 5.55. The zero-order chi connectivity index (χ0) is 15.5. The summed E-state index contributed by atoms with van der Waals surface area (Å²) < 4.78 is 11.0. The first-order chi connectivity index (χ1) is 10.2. The van der Waals surface area contributed by atoms with Crippen molar-refractivity contribution < 1.29 is 14.6 Å². The SMILES string of the molecule is CCCCCCCCCOc1cc(OC)ccc1[C@H](C)O. The number of benzene rings is 1. The third-order valence-electron chi connectivity index (χ3n) is 3.68. The first-order valence-electron chi connectivity index (χ1n) is 8.17. The van der Waals surface area contributed by atoms with Gasteiger partial charge < -0.3 is 14.6 Å². The third kappa shape index (κ3) is 6.85. The van der Waals surface area contributed by atoms with Gasteiger partial charge in [0, 0.05) is 11.6 Å². The molecule has 21 heavy (non-hydrogen) atoms. The van der Waals surface area contributed by atoms with Gasteiger partial charge in [0.25, 0.3) is 0 Å². The molecule has 0 aliphatic rings. The number of hydrogen-bond acceptors (Lipinski definition) is 3. The Morgan fingerprint density at radius 1 is 1.05 bits per heavy atom. The minimum Gasteiger partial charge on any atom is -0.497 e. The highest BCUT2D eigenvalue weighted by Gasteiger charge is 2.10. The summed E-state index contributed by atoms with van der Waals surface area (Å²) in [5.74, 6) is 1.49. The van der Waals surface area contributed by atoms with Crippen molar-refractivity contribution >= 4 is 0 Å². The van der Waals surface area contributed by atoms with E-state index in [1.807, 2.05) is 18.2 Å². The van der Waals surface area contributed by atoms with Crippen molar-refractivity contribution in [1.82, 2.24) is 0 Å². The molecule has 1 rings (SSSR count). The minimum atomic E-state index is -0.528.